The monoisotopic (exact) mass is 364 g/mol. The first-order valence-corrected chi connectivity index (χ1v) is 8.87. The van der Waals surface area contributed by atoms with Gasteiger partial charge in [-0.1, -0.05) is 12.1 Å². The van der Waals surface area contributed by atoms with Crippen LogP contribution in [0.1, 0.15) is 24.2 Å². The van der Waals surface area contributed by atoms with E-state index in [0.717, 1.165) is 24.3 Å². The van der Waals surface area contributed by atoms with Gasteiger partial charge in [0.2, 0.25) is 15.9 Å². The number of hydrogen-bond acceptors (Lipinski definition) is 4. The van der Waals surface area contributed by atoms with Crippen LogP contribution in [0.2, 0.25) is 0 Å². The summed E-state index contributed by atoms with van der Waals surface area (Å²) in [5.74, 6) is -1.30. The Hall–Kier alpha value is -2.58. The molecule has 2 rings (SSSR count). The fourth-order valence-electron chi connectivity index (χ4n) is 2.03. The van der Waals surface area contributed by atoms with Gasteiger partial charge in [-0.2, -0.15) is 4.72 Å². The third-order valence-corrected chi connectivity index (χ3v) is 4.94. The van der Waals surface area contributed by atoms with E-state index < -0.39 is 27.8 Å². The molecule has 0 spiro atoms. The van der Waals surface area contributed by atoms with Gasteiger partial charge >= 0.3 is 0 Å². The maximum Gasteiger partial charge on any atom is 0.242 e. The molecule has 0 aliphatic rings. The molecule has 2 N–H and O–H groups in total. The number of hydrogen-bond donors (Lipinski definition) is 2. The molecular formula is C17H17FN2O4S. The summed E-state index contributed by atoms with van der Waals surface area (Å²) in [5, 5.41) is 2.54. The van der Waals surface area contributed by atoms with Crippen molar-refractivity contribution in [2.45, 2.75) is 24.8 Å². The van der Waals surface area contributed by atoms with Crippen LogP contribution in [0, 0.1) is 5.82 Å². The number of anilines is 1. The zero-order chi connectivity index (χ0) is 18.6. The Morgan fingerprint density at radius 3 is 2.32 bits per heavy atom. The second kappa shape index (κ2) is 7.54. The van der Waals surface area contributed by atoms with E-state index in [0.29, 0.717) is 11.3 Å². The highest BCUT2D eigenvalue weighted by Gasteiger charge is 2.22. The number of carbonyl (C=O) groups excluding carboxylic acids is 2. The summed E-state index contributed by atoms with van der Waals surface area (Å²) < 4.78 is 39.5. The second-order valence-corrected chi connectivity index (χ2v) is 7.14. The molecule has 1 atom stereocenters. The number of nitrogens with one attached hydrogen (secondary N) is 2. The van der Waals surface area contributed by atoms with Crippen molar-refractivity contribution >= 4 is 27.4 Å². The number of Topliss-reactive ketones (excluding diaryl/α,β-unsaturated/α-hetero) is 1. The first-order chi connectivity index (χ1) is 11.7. The first-order valence-electron chi connectivity index (χ1n) is 7.39. The second-order valence-electron chi connectivity index (χ2n) is 5.42. The Morgan fingerprint density at radius 1 is 1.08 bits per heavy atom. The average molecular weight is 364 g/mol. The standard InChI is InChI=1S/C17H17FN2O4S/c1-11(20-25(23,24)16-8-6-14(18)7-9-16)17(22)19-15-5-3-4-13(10-15)12(2)21/h3-11,20H,1-2H3,(H,19,22). The Balaban J connectivity index is 2.08. The number of halogens is 1. The highest BCUT2D eigenvalue weighted by Crippen LogP contribution is 2.13. The van der Waals surface area contributed by atoms with Gasteiger partial charge < -0.3 is 5.32 Å². The van der Waals surface area contributed by atoms with E-state index in [9.17, 15) is 22.4 Å². The van der Waals surface area contributed by atoms with E-state index in [1.807, 2.05) is 0 Å². The smallest absolute Gasteiger partial charge is 0.242 e. The molecule has 2 aromatic rings. The quantitative estimate of drug-likeness (QED) is 0.770. The summed E-state index contributed by atoms with van der Waals surface area (Å²) in [4.78, 5) is 23.4. The third-order valence-electron chi connectivity index (χ3n) is 3.39. The molecule has 25 heavy (non-hydrogen) atoms. The number of sulfonamides is 1. The molecule has 0 saturated carbocycles. The highest BCUT2D eigenvalue weighted by molar-refractivity contribution is 7.89. The summed E-state index contributed by atoms with van der Waals surface area (Å²) in [6, 6.07) is 9.50. The largest absolute Gasteiger partial charge is 0.325 e. The predicted molar refractivity (Wildman–Crippen MR) is 91.3 cm³/mol. The molecule has 132 valence electrons. The van der Waals surface area contributed by atoms with Crippen LogP contribution in [0.5, 0.6) is 0 Å². The van der Waals surface area contributed by atoms with Crippen LogP contribution in [0.25, 0.3) is 0 Å². The fraction of sp³-hybridized carbons (Fsp3) is 0.176. The SMILES string of the molecule is CC(=O)c1cccc(NC(=O)C(C)NS(=O)(=O)c2ccc(F)cc2)c1. The van der Waals surface area contributed by atoms with Gasteiger partial charge in [0.15, 0.2) is 5.78 Å². The summed E-state index contributed by atoms with van der Waals surface area (Å²) in [5.41, 5.74) is 0.808. The van der Waals surface area contributed by atoms with Crippen LogP contribution in [0.15, 0.2) is 53.4 Å². The van der Waals surface area contributed by atoms with Crippen molar-refractivity contribution in [2.75, 3.05) is 5.32 Å². The summed E-state index contributed by atoms with van der Waals surface area (Å²) in [6.45, 7) is 2.78. The average Bonchev–Trinajstić information content (AvgIpc) is 2.55. The maximum atomic E-state index is 12.9. The van der Waals surface area contributed by atoms with E-state index in [-0.39, 0.29) is 10.7 Å². The van der Waals surface area contributed by atoms with Crippen LogP contribution in [0.3, 0.4) is 0 Å². The molecule has 6 nitrogen and oxygen atoms in total. The molecular weight excluding hydrogens is 347 g/mol. The van der Waals surface area contributed by atoms with Crippen LogP contribution in [0.4, 0.5) is 10.1 Å². The molecule has 2 aromatic carbocycles. The van der Waals surface area contributed by atoms with Gasteiger partial charge in [0.1, 0.15) is 5.82 Å². The van der Waals surface area contributed by atoms with Crippen molar-refractivity contribution in [3.8, 4) is 0 Å². The van der Waals surface area contributed by atoms with Gasteiger partial charge in [0.05, 0.1) is 10.9 Å². The molecule has 1 amide bonds. The lowest BCUT2D eigenvalue weighted by Crippen LogP contribution is -2.41. The zero-order valence-electron chi connectivity index (χ0n) is 13.6. The fourth-order valence-corrected chi connectivity index (χ4v) is 3.24. The van der Waals surface area contributed by atoms with Crippen LogP contribution in [-0.2, 0) is 14.8 Å². The lowest BCUT2D eigenvalue weighted by atomic mass is 10.1. The van der Waals surface area contributed by atoms with E-state index in [4.69, 9.17) is 0 Å². The summed E-state index contributed by atoms with van der Waals surface area (Å²) >= 11 is 0. The lowest BCUT2D eigenvalue weighted by Gasteiger charge is -2.15. The normalized spacial score (nSPS) is 12.4. The molecule has 0 aliphatic carbocycles. The summed E-state index contributed by atoms with van der Waals surface area (Å²) in [6.07, 6.45) is 0. The molecule has 0 heterocycles. The third kappa shape index (κ3) is 4.94. The van der Waals surface area contributed by atoms with Gasteiger partial charge in [-0.25, -0.2) is 12.8 Å². The number of rotatable bonds is 6. The molecule has 1 unspecified atom stereocenters. The van der Waals surface area contributed by atoms with Crippen molar-refractivity contribution in [1.29, 1.82) is 0 Å². The van der Waals surface area contributed by atoms with Crippen molar-refractivity contribution < 1.29 is 22.4 Å². The number of carbonyl (C=O) groups is 2. The summed E-state index contributed by atoms with van der Waals surface area (Å²) in [7, 11) is -3.97. The van der Waals surface area contributed by atoms with Crippen molar-refractivity contribution in [1.82, 2.24) is 4.72 Å². The van der Waals surface area contributed by atoms with E-state index in [2.05, 4.69) is 10.0 Å². The predicted octanol–water partition coefficient (Wildman–Crippen LogP) is 2.33. The molecule has 0 fully saturated rings. The minimum absolute atomic E-state index is 0.146. The van der Waals surface area contributed by atoms with Crippen LogP contribution in [-0.4, -0.2) is 26.2 Å². The minimum atomic E-state index is -3.97. The van der Waals surface area contributed by atoms with E-state index >= 15 is 0 Å². The zero-order valence-corrected chi connectivity index (χ0v) is 14.4. The molecule has 0 radical (unpaired) electrons. The van der Waals surface area contributed by atoms with E-state index in [1.54, 1.807) is 18.2 Å². The number of amides is 1. The van der Waals surface area contributed by atoms with Gasteiger partial charge in [-0.3, -0.25) is 9.59 Å². The lowest BCUT2D eigenvalue weighted by molar-refractivity contribution is -0.117. The Labute approximate surface area is 145 Å². The topological polar surface area (TPSA) is 92.3 Å². The number of benzene rings is 2. The Bertz CT molecular complexity index is 895. The van der Waals surface area contributed by atoms with Gasteiger partial charge in [0, 0.05) is 11.3 Å². The van der Waals surface area contributed by atoms with Gasteiger partial charge in [0.25, 0.3) is 0 Å². The van der Waals surface area contributed by atoms with Crippen LogP contribution < -0.4 is 10.0 Å². The number of ketones is 1. The van der Waals surface area contributed by atoms with Crippen molar-refractivity contribution in [3.63, 3.8) is 0 Å². The van der Waals surface area contributed by atoms with Crippen molar-refractivity contribution in [2.24, 2.45) is 0 Å². The van der Waals surface area contributed by atoms with Gasteiger partial charge in [-0.05, 0) is 50.2 Å². The first kappa shape index (κ1) is 18.8. The highest BCUT2D eigenvalue weighted by atomic mass is 32.2. The molecule has 0 aromatic heterocycles. The van der Waals surface area contributed by atoms with E-state index in [1.165, 1.54) is 19.9 Å². The Kier molecular flexibility index (Phi) is 5.66. The van der Waals surface area contributed by atoms with Gasteiger partial charge in [-0.15, -0.1) is 0 Å². The molecule has 0 aliphatic heterocycles. The minimum Gasteiger partial charge on any atom is -0.325 e. The molecule has 0 bridgehead atoms. The molecule has 0 saturated heterocycles. The van der Waals surface area contributed by atoms with Crippen LogP contribution >= 0.6 is 0 Å². The van der Waals surface area contributed by atoms with Crippen molar-refractivity contribution in [3.05, 3.63) is 59.9 Å². The Morgan fingerprint density at radius 2 is 1.72 bits per heavy atom. The maximum absolute atomic E-state index is 12.9. The molecule has 8 heteroatoms.